The molecule has 0 radical (unpaired) electrons. The Morgan fingerprint density at radius 3 is 2.38 bits per heavy atom. The quantitative estimate of drug-likeness (QED) is 0.903. The number of aromatic nitrogens is 2. The molecule has 0 amide bonds. The van der Waals surface area contributed by atoms with Crippen LogP contribution in [0.2, 0.25) is 0 Å². The van der Waals surface area contributed by atoms with E-state index in [0.29, 0.717) is 29.4 Å². The maximum Gasteiger partial charge on any atom is 0.221 e. The molecule has 0 unspecified atom stereocenters. The number of nitrogens with one attached hydrogen (secondary N) is 1. The Morgan fingerprint density at radius 2 is 1.81 bits per heavy atom. The highest BCUT2D eigenvalue weighted by Crippen LogP contribution is 2.46. The Kier molecular flexibility index (Phi) is 4.45. The van der Waals surface area contributed by atoms with E-state index < -0.39 is 0 Å². The van der Waals surface area contributed by atoms with Crippen LogP contribution in [0.5, 0.6) is 5.88 Å². The average molecular weight is 291 g/mol. The number of nitrogens with zero attached hydrogens (tertiary/aromatic N) is 2. The Bertz CT molecular complexity index is 481. The zero-order valence-corrected chi connectivity index (χ0v) is 14.3. The highest BCUT2D eigenvalue weighted by molar-refractivity contribution is 5.48. The minimum atomic E-state index is 0.364. The van der Waals surface area contributed by atoms with Crippen molar-refractivity contribution >= 4 is 5.82 Å². The zero-order chi connectivity index (χ0) is 15.7. The van der Waals surface area contributed by atoms with Gasteiger partial charge in [-0.15, -0.1) is 0 Å². The summed E-state index contributed by atoms with van der Waals surface area (Å²) in [6, 6.07) is 0.451. The third-order valence-corrected chi connectivity index (χ3v) is 4.21. The van der Waals surface area contributed by atoms with Crippen molar-refractivity contribution in [1.82, 2.24) is 9.97 Å². The van der Waals surface area contributed by atoms with Crippen molar-refractivity contribution < 1.29 is 4.74 Å². The largest absolute Gasteiger partial charge is 0.478 e. The molecule has 1 fully saturated rings. The molecule has 1 aliphatic rings. The predicted octanol–water partition coefficient (Wildman–Crippen LogP) is 4.20. The highest BCUT2D eigenvalue weighted by Gasteiger charge is 2.38. The van der Waals surface area contributed by atoms with Crippen molar-refractivity contribution in [2.45, 2.75) is 66.8 Å². The fraction of sp³-hybridized carbons (Fsp3) is 0.765. The van der Waals surface area contributed by atoms with Crippen molar-refractivity contribution in [3.63, 3.8) is 0 Å². The van der Waals surface area contributed by atoms with E-state index in [9.17, 15) is 0 Å². The minimum Gasteiger partial charge on any atom is -0.478 e. The monoisotopic (exact) mass is 291 g/mol. The van der Waals surface area contributed by atoms with Gasteiger partial charge in [0.25, 0.3) is 0 Å². The molecule has 0 aromatic carbocycles. The molecule has 118 valence electrons. The van der Waals surface area contributed by atoms with E-state index in [1.165, 1.54) is 19.3 Å². The van der Waals surface area contributed by atoms with Crippen LogP contribution in [0.3, 0.4) is 0 Å². The first-order chi connectivity index (χ1) is 9.72. The van der Waals surface area contributed by atoms with Crippen molar-refractivity contribution in [2.24, 2.45) is 10.8 Å². The molecule has 2 rings (SSSR count). The van der Waals surface area contributed by atoms with Crippen LogP contribution in [-0.2, 0) is 0 Å². The van der Waals surface area contributed by atoms with Crippen molar-refractivity contribution in [2.75, 3.05) is 11.9 Å². The Labute approximate surface area is 128 Å². The van der Waals surface area contributed by atoms with Crippen molar-refractivity contribution in [3.05, 3.63) is 11.9 Å². The molecule has 1 aromatic heterocycles. The molecule has 1 heterocycles. The lowest BCUT2D eigenvalue weighted by molar-refractivity contribution is 0.105. The van der Waals surface area contributed by atoms with Crippen LogP contribution in [0.15, 0.2) is 6.33 Å². The average Bonchev–Trinajstić information content (AvgIpc) is 2.30. The molecule has 0 bridgehead atoms. The number of hydrogen-bond donors (Lipinski definition) is 1. The standard InChI is InChI=1S/C17H29N3O/c1-7-21-15-12(2)14(18-11-19-15)20-13-8-16(3,4)10-17(5,6)9-13/h11,13H,7-10H2,1-6H3,(H,18,19,20). The number of rotatable bonds is 4. The van der Waals surface area contributed by atoms with Crippen molar-refractivity contribution in [3.8, 4) is 5.88 Å². The fourth-order valence-corrected chi connectivity index (χ4v) is 4.00. The van der Waals surface area contributed by atoms with Gasteiger partial charge in [-0.3, -0.25) is 0 Å². The Morgan fingerprint density at radius 1 is 1.19 bits per heavy atom. The smallest absolute Gasteiger partial charge is 0.221 e. The van der Waals surface area contributed by atoms with Crippen LogP contribution in [0.1, 0.15) is 59.4 Å². The lowest BCUT2D eigenvalue weighted by atomic mass is 9.63. The summed E-state index contributed by atoms with van der Waals surface area (Å²) in [5, 5.41) is 3.63. The maximum atomic E-state index is 5.56. The van der Waals surface area contributed by atoms with E-state index in [0.717, 1.165) is 11.4 Å². The van der Waals surface area contributed by atoms with Gasteiger partial charge in [0.15, 0.2) is 0 Å². The zero-order valence-electron chi connectivity index (χ0n) is 14.3. The second-order valence-corrected chi connectivity index (χ2v) is 7.84. The van der Waals surface area contributed by atoms with E-state index >= 15 is 0 Å². The van der Waals surface area contributed by atoms with Gasteiger partial charge >= 0.3 is 0 Å². The highest BCUT2D eigenvalue weighted by atomic mass is 16.5. The predicted molar refractivity (Wildman–Crippen MR) is 86.8 cm³/mol. The van der Waals surface area contributed by atoms with Crippen LogP contribution in [0, 0.1) is 17.8 Å². The molecule has 4 heteroatoms. The summed E-state index contributed by atoms with van der Waals surface area (Å²) < 4.78 is 5.56. The molecule has 1 saturated carbocycles. The summed E-state index contributed by atoms with van der Waals surface area (Å²) in [5.74, 6) is 1.59. The molecule has 1 aromatic rings. The molecular formula is C17H29N3O. The van der Waals surface area contributed by atoms with Gasteiger partial charge in [-0.25, -0.2) is 9.97 Å². The molecule has 21 heavy (non-hydrogen) atoms. The van der Waals surface area contributed by atoms with Crippen LogP contribution in [-0.4, -0.2) is 22.6 Å². The topological polar surface area (TPSA) is 47.0 Å². The van der Waals surface area contributed by atoms with Gasteiger partial charge in [0, 0.05) is 6.04 Å². The van der Waals surface area contributed by atoms with Gasteiger partial charge in [-0.2, -0.15) is 0 Å². The summed E-state index contributed by atoms with van der Waals surface area (Å²) in [6.45, 7) is 14.1. The third kappa shape index (κ3) is 4.08. The van der Waals surface area contributed by atoms with Gasteiger partial charge in [-0.1, -0.05) is 27.7 Å². The first-order valence-corrected chi connectivity index (χ1v) is 7.93. The molecule has 0 saturated heterocycles. The first-order valence-electron chi connectivity index (χ1n) is 7.93. The summed E-state index contributed by atoms with van der Waals surface area (Å²) >= 11 is 0. The molecule has 4 nitrogen and oxygen atoms in total. The Balaban J connectivity index is 2.16. The van der Waals surface area contributed by atoms with Crippen LogP contribution in [0.4, 0.5) is 5.82 Å². The van der Waals surface area contributed by atoms with E-state index in [-0.39, 0.29) is 0 Å². The maximum absolute atomic E-state index is 5.56. The second kappa shape index (κ2) is 5.82. The second-order valence-electron chi connectivity index (χ2n) is 7.84. The Hall–Kier alpha value is -1.32. The van der Waals surface area contributed by atoms with E-state index in [1.807, 2.05) is 13.8 Å². The molecule has 0 atom stereocenters. The first kappa shape index (κ1) is 16.1. The molecular weight excluding hydrogens is 262 g/mol. The van der Waals surface area contributed by atoms with E-state index in [4.69, 9.17) is 4.74 Å². The van der Waals surface area contributed by atoms with Gasteiger partial charge in [-0.05, 0) is 43.9 Å². The molecule has 0 spiro atoms. The van der Waals surface area contributed by atoms with Crippen molar-refractivity contribution in [1.29, 1.82) is 0 Å². The van der Waals surface area contributed by atoms with Gasteiger partial charge < -0.3 is 10.1 Å². The summed E-state index contributed by atoms with van der Waals surface area (Å²) in [6.07, 6.45) is 5.19. The molecule has 0 aliphatic heterocycles. The lowest BCUT2D eigenvalue weighted by Gasteiger charge is -2.45. The van der Waals surface area contributed by atoms with Gasteiger partial charge in [0.05, 0.1) is 12.2 Å². The number of ether oxygens (including phenoxy) is 1. The van der Waals surface area contributed by atoms with Crippen LogP contribution < -0.4 is 10.1 Å². The van der Waals surface area contributed by atoms with E-state index in [2.05, 4.69) is 43.0 Å². The fourth-order valence-electron chi connectivity index (χ4n) is 4.00. The van der Waals surface area contributed by atoms with Gasteiger partial charge in [0.2, 0.25) is 5.88 Å². The summed E-state index contributed by atoms with van der Waals surface area (Å²) in [4.78, 5) is 8.61. The number of hydrogen-bond acceptors (Lipinski definition) is 4. The summed E-state index contributed by atoms with van der Waals surface area (Å²) in [5.41, 5.74) is 1.73. The third-order valence-electron chi connectivity index (χ3n) is 4.21. The minimum absolute atomic E-state index is 0.364. The van der Waals surface area contributed by atoms with Gasteiger partial charge in [0.1, 0.15) is 12.1 Å². The van der Waals surface area contributed by atoms with Crippen LogP contribution >= 0.6 is 0 Å². The number of anilines is 1. The van der Waals surface area contributed by atoms with Crippen LogP contribution in [0.25, 0.3) is 0 Å². The molecule has 1 N–H and O–H groups in total. The van der Waals surface area contributed by atoms with E-state index in [1.54, 1.807) is 6.33 Å². The molecule has 1 aliphatic carbocycles. The SMILES string of the molecule is CCOc1ncnc(NC2CC(C)(C)CC(C)(C)C2)c1C. The summed E-state index contributed by atoms with van der Waals surface area (Å²) in [7, 11) is 0. The lowest BCUT2D eigenvalue weighted by Crippen LogP contribution is -2.40. The normalized spacial score (nSPS) is 21.0.